The van der Waals surface area contributed by atoms with Gasteiger partial charge in [0.2, 0.25) is 5.91 Å². The Morgan fingerprint density at radius 2 is 1.69 bits per heavy atom. The number of benzene rings is 1. The van der Waals surface area contributed by atoms with E-state index >= 15 is 0 Å². The van der Waals surface area contributed by atoms with E-state index in [4.69, 9.17) is 39.5 Å². The Morgan fingerprint density at radius 3 is 2.35 bits per heavy atom. The minimum atomic E-state index is -0.546. The molecule has 0 radical (unpaired) electrons. The lowest BCUT2D eigenvalue weighted by atomic mass is 9.82. The van der Waals surface area contributed by atoms with Gasteiger partial charge in [-0.25, -0.2) is 0 Å². The van der Waals surface area contributed by atoms with Gasteiger partial charge in [-0.05, 0) is 24.8 Å². The lowest BCUT2D eigenvalue weighted by Gasteiger charge is -2.26. The number of hydrogen-bond donors (Lipinski definition) is 1. The zero-order chi connectivity index (χ0) is 18.9. The molecule has 1 aromatic carbocycles. The maximum absolute atomic E-state index is 12.5. The van der Waals surface area contributed by atoms with Crippen molar-refractivity contribution >= 4 is 46.7 Å². The van der Waals surface area contributed by atoms with Crippen molar-refractivity contribution in [2.75, 3.05) is 13.2 Å². The van der Waals surface area contributed by atoms with Crippen LogP contribution in [-0.4, -0.2) is 25.0 Å². The van der Waals surface area contributed by atoms with Gasteiger partial charge in [0, 0.05) is 6.54 Å². The van der Waals surface area contributed by atoms with Gasteiger partial charge in [0.1, 0.15) is 11.1 Å². The molecule has 0 saturated carbocycles. The summed E-state index contributed by atoms with van der Waals surface area (Å²) in [6, 6.07) is 9.89. The predicted molar refractivity (Wildman–Crippen MR) is 104 cm³/mol. The van der Waals surface area contributed by atoms with Gasteiger partial charge in [-0.3, -0.25) is 9.59 Å². The number of nitrogens with one attached hydrogen (secondary N) is 1. The normalized spacial score (nSPS) is 18.9. The second-order valence-electron chi connectivity index (χ2n) is 5.96. The first-order valence-corrected chi connectivity index (χ1v) is 9.45. The molecule has 2 unspecified atom stereocenters. The van der Waals surface area contributed by atoms with Gasteiger partial charge in [-0.1, -0.05) is 77.3 Å². The molecule has 140 valence electrons. The summed E-state index contributed by atoms with van der Waals surface area (Å²) in [6.45, 7) is 0.312. The number of esters is 1. The van der Waals surface area contributed by atoms with E-state index in [0.717, 1.165) is 12.0 Å². The van der Waals surface area contributed by atoms with Crippen LogP contribution in [0.3, 0.4) is 0 Å². The van der Waals surface area contributed by atoms with Gasteiger partial charge in [-0.2, -0.15) is 0 Å². The number of allylic oxidation sites excluding steroid dienone is 2. The Hall–Kier alpha value is -1.49. The standard InChI is InChI=1S/C19H20Cl3NO3/c20-16(17(21)22)12-26-19(25)15-9-5-4-8-14(15)18(24)23-11-10-13-6-2-1-3-7-13/h1-7,14-15H,8-12H2,(H,23,24). The van der Waals surface area contributed by atoms with E-state index in [-0.39, 0.29) is 22.0 Å². The number of rotatable bonds is 7. The van der Waals surface area contributed by atoms with E-state index in [1.54, 1.807) is 0 Å². The molecule has 0 bridgehead atoms. The summed E-state index contributed by atoms with van der Waals surface area (Å²) in [6.07, 6.45) is 5.47. The highest BCUT2D eigenvalue weighted by molar-refractivity contribution is 6.59. The first kappa shape index (κ1) is 20.8. The van der Waals surface area contributed by atoms with E-state index < -0.39 is 17.8 Å². The number of ether oxygens (including phenoxy) is 1. The van der Waals surface area contributed by atoms with Crippen LogP contribution in [0.15, 0.2) is 52.0 Å². The Morgan fingerprint density at radius 1 is 1.04 bits per heavy atom. The highest BCUT2D eigenvalue weighted by atomic mass is 35.5. The number of halogens is 3. The van der Waals surface area contributed by atoms with Crippen LogP contribution in [0.4, 0.5) is 0 Å². The Balaban J connectivity index is 1.88. The second kappa shape index (κ2) is 10.6. The SMILES string of the molecule is O=C(NCCc1ccccc1)C1CC=CCC1C(=O)OCC(Cl)=C(Cl)Cl. The summed E-state index contributed by atoms with van der Waals surface area (Å²) in [4.78, 5) is 24.9. The third-order valence-corrected chi connectivity index (χ3v) is 5.12. The van der Waals surface area contributed by atoms with Crippen LogP contribution in [-0.2, 0) is 20.7 Å². The lowest BCUT2D eigenvalue weighted by Crippen LogP contribution is -2.40. The fraction of sp³-hybridized carbons (Fsp3) is 0.368. The third-order valence-electron chi connectivity index (χ3n) is 4.17. The topological polar surface area (TPSA) is 55.4 Å². The van der Waals surface area contributed by atoms with E-state index in [2.05, 4.69) is 5.32 Å². The van der Waals surface area contributed by atoms with Crippen LogP contribution in [0, 0.1) is 11.8 Å². The van der Waals surface area contributed by atoms with Gasteiger partial charge < -0.3 is 10.1 Å². The van der Waals surface area contributed by atoms with Crippen LogP contribution in [0.1, 0.15) is 18.4 Å². The van der Waals surface area contributed by atoms with Crippen LogP contribution in [0.25, 0.3) is 0 Å². The first-order chi connectivity index (χ1) is 12.5. The van der Waals surface area contributed by atoms with Crippen LogP contribution >= 0.6 is 34.8 Å². The molecule has 1 aromatic rings. The minimum Gasteiger partial charge on any atom is -0.460 e. The van der Waals surface area contributed by atoms with Crippen LogP contribution in [0.2, 0.25) is 0 Å². The molecule has 7 heteroatoms. The highest BCUT2D eigenvalue weighted by Crippen LogP contribution is 2.28. The quantitative estimate of drug-likeness (QED) is 0.531. The first-order valence-electron chi connectivity index (χ1n) is 8.32. The maximum atomic E-state index is 12.5. The number of carbonyl (C=O) groups excluding carboxylic acids is 2. The van der Waals surface area contributed by atoms with E-state index in [1.807, 2.05) is 42.5 Å². The largest absolute Gasteiger partial charge is 0.460 e. The summed E-state index contributed by atoms with van der Waals surface area (Å²) < 4.78 is 5.01. The van der Waals surface area contributed by atoms with Gasteiger partial charge in [0.25, 0.3) is 0 Å². The molecule has 26 heavy (non-hydrogen) atoms. The average molecular weight is 417 g/mol. The molecule has 0 fully saturated rings. The molecule has 1 aliphatic rings. The van der Waals surface area contributed by atoms with Crippen LogP contribution in [0.5, 0.6) is 0 Å². The van der Waals surface area contributed by atoms with Crippen molar-refractivity contribution in [1.29, 1.82) is 0 Å². The summed E-state index contributed by atoms with van der Waals surface area (Å²) in [5.41, 5.74) is 1.15. The van der Waals surface area contributed by atoms with Crippen molar-refractivity contribution in [1.82, 2.24) is 5.32 Å². The van der Waals surface area contributed by atoms with Crippen molar-refractivity contribution in [2.24, 2.45) is 11.8 Å². The highest BCUT2D eigenvalue weighted by Gasteiger charge is 2.35. The molecule has 4 nitrogen and oxygen atoms in total. The van der Waals surface area contributed by atoms with Crippen molar-refractivity contribution in [2.45, 2.75) is 19.3 Å². The molecule has 0 heterocycles. The van der Waals surface area contributed by atoms with E-state index in [0.29, 0.717) is 19.4 Å². The third kappa shape index (κ3) is 6.35. The smallest absolute Gasteiger partial charge is 0.310 e. The molecule has 2 rings (SSSR count). The molecular weight excluding hydrogens is 397 g/mol. The van der Waals surface area contributed by atoms with Gasteiger partial charge in [-0.15, -0.1) is 0 Å². The molecule has 1 N–H and O–H groups in total. The maximum Gasteiger partial charge on any atom is 0.310 e. The Bertz CT molecular complexity index is 685. The Labute approximate surface area is 168 Å². The Kier molecular flexibility index (Phi) is 8.49. The van der Waals surface area contributed by atoms with Gasteiger partial charge in [0.15, 0.2) is 0 Å². The summed E-state index contributed by atoms with van der Waals surface area (Å²) >= 11 is 16.8. The monoisotopic (exact) mass is 415 g/mol. The van der Waals surface area contributed by atoms with E-state index in [9.17, 15) is 9.59 Å². The van der Waals surface area contributed by atoms with Crippen molar-refractivity contribution < 1.29 is 14.3 Å². The summed E-state index contributed by atoms with van der Waals surface area (Å²) in [7, 11) is 0. The molecule has 0 spiro atoms. The molecule has 0 aliphatic heterocycles. The summed E-state index contributed by atoms with van der Waals surface area (Å²) in [5.74, 6) is -1.64. The molecule has 1 aliphatic carbocycles. The fourth-order valence-electron chi connectivity index (χ4n) is 2.77. The molecule has 1 amide bonds. The molecule has 2 atom stereocenters. The minimum absolute atomic E-state index is 0.0527. The summed E-state index contributed by atoms with van der Waals surface area (Å²) in [5, 5.41) is 2.96. The number of amides is 1. The number of hydrogen-bond acceptors (Lipinski definition) is 3. The van der Waals surface area contributed by atoms with Crippen molar-refractivity contribution in [3.8, 4) is 0 Å². The second-order valence-corrected chi connectivity index (χ2v) is 7.36. The lowest BCUT2D eigenvalue weighted by molar-refractivity contribution is -0.152. The molecule has 0 saturated heterocycles. The van der Waals surface area contributed by atoms with E-state index in [1.165, 1.54) is 0 Å². The molecule has 0 aromatic heterocycles. The van der Waals surface area contributed by atoms with Crippen molar-refractivity contribution in [3.63, 3.8) is 0 Å². The van der Waals surface area contributed by atoms with Gasteiger partial charge >= 0.3 is 5.97 Å². The zero-order valence-electron chi connectivity index (χ0n) is 14.1. The van der Waals surface area contributed by atoms with Gasteiger partial charge in [0.05, 0.1) is 16.9 Å². The van der Waals surface area contributed by atoms with Crippen LogP contribution < -0.4 is 5.32 Å². The average Bonchev–Trinajstić information content (AvgIpc) is 2.66. The van der Waals surface area contributed by atoms with Crippen molar-refractivity contribution in [3.05, 3.63) is 57.6 Å². The fourth-order valence-corrected chi connectivity index (χ4v) is 2.93. The number of carbonyl (C=O) groups is 2. The zero-order valence-corrected chi connectivity index (χ0v) is 16.4. The molecular formula is C19H20Cl3NO3. The predicted octanol–water partition coefficient (Wildman–Crippen LogP) is 4.36.